The molecule has 1 saturated carbocycles. The zero-order chi connectivity index (χ0) is 42.9. The van der Waals surface area contributed by atoms with Gasteiger partial charge in [0.25, 0.3) is 11.7 Å². The zero-order valence-electron chi connectivity index (χ0n) is 36.7. The Labute approximate surface area is 347 Å². The van der Waals surface area contributed by atoms with Crippen molar-refractivity contribution in [3.8, 4) is 0 Å². The number of hydrogen-bond acceptors (Lipinski definition) is 11. The maximum atomic E-state index is 14.4. The lowest BCUT2D eigenvalue weighted by atomic mass is 9.79. The Morgan fingerprint density at radius 3 is 2.28 bits per heavy atom. The normalized spacial score (nSPS) is 40.7. The summed E-state index contributed by atoms with van der Waals surface area (Å²) in [6, 6.07) is -1.11. The highest BCUT2D eigenvalue weighted by molar-refractivity contribution is 6.39. The molecule has 58 heavy (non-hydrogen) atoms. The molecule has 0 aromatic heterocycles. The van der Waals surface area contributed by atoms with Gasteiger partial charge in [0.15, 0.2) is 0 Å². The predicted molar refractivity (Wildman–Crippen MR) is 220 cm³/mol. The minimum absolute atomic E-state index is 0.0843. The first-order valence-electron chi connectivity index (χ1n) is 21.7. The van der Waals surface area contributed by atoms with Crippen LogP contribution < -0.4 is 0 Å². The summed E-state index contributed by atoms with van der Waals surface area (Å²) in [6.07, 6.45) is 8.43. The molecule has 12 nitrogen and oxygen atoms in total. The van der Waals surface area contributed by atoms with Crippen molar-refractivity contribution in [1.29, 1.82) is 0 Å². The smallest absolute Gasteiger partial charge is 0.329 e. The number of piperidine rings is 1. The van der Waals surface area contributed by atoms with Crippen LogP contribution in [-0.2, 0) is 42.9 Å². The highest BCUT2D eigenvalue weighted by Crippen LogP contribution is 2.39. The summed E-state index contributed by atoms with van der Waals surface area (Å²) >= 11 is 0. The molecule has 328 valence electrons. The van der Waals surface area contributed by atoms with E-state index in [1.807, 2.05) is 19.9 Å². The van der Waals surface area contributed by atoms with E-state index in [-0.39, 0.29) is 49.5 Å². The van der Waals surface area contributed by atoms with E-state index < -0.39 is 77.8 Å². The largest absolute Gasteiger partial charge is 0.456 e. The Balaban J connectivity index is 1.76. The fourth-order valence-electron chi connectivity index (χ4n) is 9.64. The van der Waals surface area contributed by atoms with Gasteiger partial charge >= 0.3 is 5.97 Å². The van der Waals surface area contributed by atoms with Gasteiger partial charge in [0.1, 0.15) is 24.0 Å². The number of amides is 1. The number of allylic oxidation sites excluding steroid dienone is 4. The number of cyclic esters (lactones) is 1. The molecule has 0 spiro atoms. The van der Waals surface area contributed by atoms with Crippen LogP contribution >= 0.6 is 0 Å². The number of Topliss-reactive ketones (excluding diaryl/α,β-unsaturated/α-hetero) is 2. The Bertz CT molecular complexity index is 1490. The van der Waals surface area contributed by atoms with E-state index in [1.165, 1.54) is 4.90 Å². The van der Waals surface area contributed by atoms with Crippen LogP contribution in [0.15, 0.2) is 36.0 Å². The first kappa shape index (κ1) is 47.9. The standard InChI is InChI=1S/C46H73NO11/c1-11-14-34-21-27(2)16-17-28(3)22-39(55-9)42-40(56-10)24-31(6)46(53,58-42)43(50)44(51)47-20-13-12-15-35(47)45(52)57-41(32(7)36(48)26-37(34)49)30(5)23-33-19-18-29(4)38(25-33)54-8/h11,21,23,28-29,31-36,38-42,48,53H,1,12-20,22,24-26H2,2-10H3/b27-21+,30-23+/t28-,29+,31+,32+,33-,34+,35-,36-,38+,39-,40-,41+,42+,46+/m0/s1. The van der Waals surface area contributed by atoms with E-state index in [0.717, 1.165) is 36.8 Å². The molecule has 2 N–H and O–H groups in total. The molecule has 2 bridgehead atoms. The molecule has 0 aromatic carbocycles. The van der Waals surface area contributed by atoms with Gasteiger partial charge in [-0.3, -0.25) is 14.4 Å². The van der Waals surface area contributed by atoms with Crippen LogP contribution in [0.4, 0.5) is 0 Å². The number of ether oxygens (including phenoxy) is 5. The van der Waals surface area contributed by atoms with Crippen LogP contribution in [0.25, 0.3) is 0 Å². The molecule has 3 heterocycles. The summed E-state index contributed by atoms with van der Waals surface area (Å²) in [6.45, 7) is 15.6. The van der Waals surface area contributed by atoms with Crippen molar-refractivity contribution in [3.05, 3.63) is 36.0 Å². The lowest BCUT2D eigenvalue weighted by Crippen LogP contribution is -2.64. The summed E-state index contributed by atoms with van der Waals surface area (Å²) in [5.41, 5.74) is 1.76. The quantitative estimate of drug-likeness (QED) is 0.169. The van der Waals surface area contributed by atoms with Crippen LogP contribution in [0.2, 0.25) is 0 Å². The van der Waals surface area contributed by atoms with Gasteiger partial charge in [-0.2, -0.15) is 0 Å². The second kappa shape index (κ2) is 21.7. The van der Waals surface area contributed by atoms with E-state index in [1.54, 1.807) is 41.3 Å². The molecule has 3 fully saturated rings. The maximum Gasteiger partial charge on any atom is 0.329 e. The number of carbonyl (C=O) groups excluding carboxylic acids is 4. The molecule has 1 aliphatic carbocycles. The van der Waals surface area contributed by atoms with Crippen molar-refractivity contribution in [2.24, 2.45) is 35.5 Å². The summed E-state index contributed by atoms with van der Waals surface area (Å²) in [7, 11) is 4.82. The molecule has 12 heteroatoms. The number of nitrogens with zero attached hydrogens (tertiary/aromatic N) is 1. The van der Waals surface area contributed by atoms with Crippen LogP contribution in [0.3, 0.4) is 0 Å². The number of esters is 1. The minimum atomic E-state index is -2.48. The molecule has 4 rings (SSSR count). The zero-order valence-corrected chi connectivity index (χ0v) is 36.7. The average molecular weight is 816 g/mol. The van der Waals surface area contributed by atoms with Gasteiger partial charge < -0.3 is 38.8 Å². The average Bonchev–Trinajstić information content (AvgIpc) is 3.21. The molecule has 2 saturated heterocycles. The predicted octanol–water partition coefficient (Wildman–Crippen LogP) is 6.30. The number of rotatable bonds is 7. The number of aliphatic hydroxyl groups is 2. The molecule has 4 aliphatic rings. The highest BCUT2D eigenvalue weighted by Gasteiger charge is 2.56. The molecule has 3 aliphatic heterocycles. The van der Waals surface area contributed by atoms with Crippen LogP contribution in [0, 0.1) is 35.5 Å². The number of carbonyl (C=O) groups is 4. The van der Waals surface area contributed by atoms with Crippen molar-refractivity contribution < 1.29 is 53.1 Å². The van der Waals surface area contributed by atoms with Gasteiger partial charge in [0, 0.05) is 52.0 Å². The lowest BCUT2D eigenvalue weighted by molar-refractivity contribution is -0.302. The number of hydrogen-bond donors (Lipinski definition) is 2. The Hall–Kier alpha value is -2.74. The number of ketones is 2. The first-order valence-corrected chi connectivity index (χ1v) is 21.7. The number of fused-ring (bicyclic) bond motifs is 3. The van der Waals surface area contributed by atoms with Crippen molar-refractivity contribution in [2.45, 2.75) is 167 Å². The van der Waals surface area contributed by atoms with E-state index >= 15 is 0 Å². The van der Waals surface area contributed by atoms with E-state index in [0.29, 0.717) is 38.0 Å². The lowest BCUT2D eigenvalue weighted by Gasteiger charge is -2.47. The third-order valence-electron chi connectivity index (χ3n) is 13.6. The van der Waals surface area contributed by atoms with Gasteiger partial charge in [-0.1, -0.05) is 51.5 Å². The van der Waals surface area contributed by atoms with Crippen LogP contribution in [-0.4, -0.2) is 115 Å². The molecule has 0 aromatic rings. The summed E-state index contributed by atoms with van der Waals surface area (Å²) in [5.74, 6) is -6.80. The van der Waals surface area contributed by atoms with Crippen LogP contribution in [0.1, 0.15) is 119 Å². The Morgan fingerprint density at radius 2 is 1.62 bits per heavy atom. The fraction of sp³-hybridized carbons (Fsp3) is 0.783. The second-order valence-corrected chi connectivity index (χ2v) is 18.0. The van der Waals surface area contributed by atoms with E-state index in [9.17, 15) is 29.4 Å². The van der Waals surface area contributed by atoms with Crippen LogP contribution in [0.5, 0.6) is 0 Å². The monoisotopic (exact) mass is 816 g/mol. The fourth-order valence-corrected chi connectivity index (χ4v) is 9.64. The van der Waals surface area contributed by atoms with Crippen molar-refractivity contribution in [1.82, 2.24) is 4.90 Å². The number of methoxy groups -OCH3 is 3. The van der Waals surface area contributed by atoms with Crippen molar-refractivity contribution in [2.75, 3.05) is 27.9 Å². The molecule has 14 atom stereocenters. The van der Waals surface area contributed by atoms with E-state index in [2.05, 4.69) is 26.5 Å². The highest BCUT2D eigenvalue weighted by atomic mass is 16.7. The molecule has 0 radical (unpaired) electrons. The van der Waals surface area contributed by atoms with E-state index in [4.69, 9.17) is 23.7 Å². The molecular formula is C46H73NO11. The van der Waals surface area contributed by atoms with Gasteiger partial charge in [-0.15, -0.1) is 6.58 Å². The van der Waals surface area contributed by atoms with Crippen molar-refractivity contribution >= 4 is 23.4 Å². The van der Waals surface area contributed by atoms with Gasteiger partial charge in [0.05, 0.1) is 24.4 Å². The molecule has 1 amide bonds. The Morgan fingerprint density at radius 1 is 0.948 bits per heavy atom. The molecular weight excluding hydrogens is 743 g/mol. The van der Waals surface area contributed by atoms with Crippen molar-refractivity contribution in [3.63, 3.8) is 0 Å². The topological polar surface area (TPSA) is 158 Å². The first-order chi connectivity index (χ1) is 27.5. The number of aliphatic hydroxyl groups excluding tert-OH is 1. The third-order valence-corrected chi connectivity index (χ3v) is 13.6. The molecule has 0 unspecified atom stereocenters. The SMILES string of the molecule is C=CC[C@@H]1/C=C(\C)CC[C@H](C)C[C@H](OC)[C@H]2O[C@@](O)(C(=O)C(=O)N3CCCC[C@H]3C(=O)O[C@H](/C(C)=C/[C@@H]3CC[C@@H](C)[C@H](OC)C3)[C@H](C)[C@@H](O)CC1=O)[C@H](C)C[C@@H]2OC. The van der Waals surface area contributed by atoms with Gasteiger partial charge in [0.2, 0.25) is 5.79 Å². The maximum absolute atomic E-state index is 14.4. The summed E-state index contributed by atoms with van der Waals surface area (Å²) < 4.78 is 30.1. The van der Waals surface area contributed by atoms with Gasteiger partial charge in [-0.25, -0.2) is 4.79 Å². The summed E-state index contributed by atoms with van der Waals surface area (Å²) in [5, 5.41) is 23.8. The Kier molecular flexibility index (Phi) is 17.9. The third kappa shape index (κ3) is 11.5. The minimum Gasteiger partial charge on any atom is -0.456 e. The second-order valence-electron chi connectivity index (χ2n) is 18.0. The van der Waals surface area contributed by atoms with Gasteiger partial charge in [-0.05, 0) is 108 Å². The summed E-state index contributed by atoms with van der Waals surface area (Å²) in [4.78, 5) is 58.0.